The molecule has 0 bridgehead atoms. The monoisotopic (exact) mass is 429 g/mol. The number of anilines is 2. The van der Waals surface area contributed by atoms with Crippen molar-refractivity contribution in [2.24, 2.45) is 0 Å². The Morgan fingerprint density at radius 3 is 2.43 bits per heavy atom. The molecule has 0 unspecified atom stereocenters. The Morgan fingerprint density at radius 1 is 1.07 bits per heavy atom. The van der Waals surface area contributed by atoms with E-state index in [2.05, 4.69) is 15.2 Å². The number of amides is 1. The fourth-order valence-electron chi connectivity index (χ4n) is 3.01. The van der Waals surface area contributed by atoms with E-state index >= 15 is 0 Å². The van der Waals surface area contributed by atoms with E-state index < -0.39 is 10.0 Å². The third-order valence-corrected chi connectivity index (χ3v) is 6.06. The summed E-state index contributed by atoms with van der Waals surface area (Å²) in [6.07, 6.45) is 0. The summed E-state index contributed by atoms with van der Waals surface area (Å²) in [6.45, 7) is 6.91. The minimum atomic E-state index is -3.96. The molecule has 0 aliphatic heterocycles. The van der Waals surface area contributed by atoms with Crippen LogP contribution in [-0.2, 0) is 14.8 Å². The van der Waals surface area contributed by atoms with Gasteiger partial charge in [-0.05, 0) is 61.7 Å². The maximum absolute atomic E-state index is 13.1. The first-order valence-electron chi connectivity index (χ1n) is 9.14. The maximum Gasteiger partial charge on any atom is 0.265 e. The van der Waals surface area contributed by atoms with Gasteiger partial charge in [-0.2, -0.15) is 0 Å². The number of nitrogens with zero attached hydrogens (tertiary/aromatic N) is 1. The van der Waals surface area contributed by atoms with Crippen molar-refractivity contribution in [1.82, 2.24) is 5.16 Å². The van der Waals surface area contributed by atoms with Crippen LogP contribution in [0.15, 0.2) is 45.8 Å². The van der Waals surface area contributed by atoms with Gasteiger partial charge in [0.2, 0.25) is 11.8 Å². The van der Waals surface area contributed by atoms with Gasteiger partial charge in [-0.3, -0.25) is 14.8 Å². The molecule has 1 heterocycles. The number of rotatable bonds is 6. The third-order valence-electron chi connectivity index (χ3n) is 4.65. The average molecular weight is 429 g/mol. The molecule has 0 saturated carbocycles. The van der Waals surface area contributed by atoms with Crippen LogP contribution >= 0.6 is 0 Å². The number of aromatic nitrogens is 1. The second-order valence-electron chi connectivity index (χ2n) is 6.92. The number of methoxy groups -OCH3 is 1. The lowest BCUT2D eigenvalue weighted by Gasteiger charge is -2.14. The molecule has 2 aromatic carbocycles. The predicted molar refractivity (Wildman–Crippen MR) is 114 cm³/mol. The zero-order valence-corrected chi connectivity index (χ0v) is 18.2. The van der Waals surface area contributed by atoms with Crippen LogP contribution in [0.4, 0.5) is 11.6 Å². The topological polar surface area (TPSA) is 111 Å². The van der Waals surface area contributed by atoms with E-state index in [1.54, 1.807) is 31.2 Å². The average Bonchev–Trinajstić information content (AvgIpc) is 3.03. The molecule has 0 spiro atoms. The molecule has 0 aliphatic rings. The molecule has 30 heavy (non-hydrogen) atoms. The molecule has 158 valence electrons. The predicted octanol–water partition coefficient (Wildman–Crippen LogP) is 4.03. The summed E-state index contributed by atoms with van der Waals surface area (Å²) < 4.78 is 39.4. The molecular formula is C21H23N3O5S. The highest BCUT2D eigenvalue weighted by Gasteiger charge is 2.24. The van der Waals surface area contributed by atoms with Gasteiger partial charge < -0.3 is 9.26 Å². The Kier molecular flexibility index (Phi) is 5.84. The number of ether oxygens (including phenoxy) is 1. The Balaban J connectivity index is 2.08. The Hall–Kier alpha value is -3.33. The van der Waals surface area contributed by atoms with E-state index in [1.807, 2.05) is 19.9 Å². The Labute approximate surface area is 175 Å². The number of benzene rings is 2. The lowest BCUT2D eigenvalue weighted by Crippen LogP contribution is -2.14. The molecule has 3 rings (SSSR count). The zero-order valence-electron chi connectivity index (χ0n) is 17.4. The Morgan fingerprint density at radius 2 is 1.80 bits per heavy atom. The number of hydrogen-bond acceptors (Lipinski definition) is 6. The van der Waals surface area contributed by atoms with Crippen molar-refractivity contribution in [3.05, 3.63) is 53.2 Å². The normalized spacial score (nSPS) is 11.2. The lowest BCUT2D eigenvalue weighted by molar-refractivity contribution is -0.114. The largest absolute Gasteiger partial charge is 0.495 e. The van der Waals surface area contributed by atoms with Gasteiger partial charge in [0.1, 0.15) is 10.6 Å². The van der Waals surface area contributed by atoms with Crippen LogP contribution in [0.2, 0.25) is 0 Å². The van der Waals surface area contributed by atoms with Gasteiger partial charge in [0.05, 0.1) is 18.4 Å². The standard InChI is InChI=1S/C21H23N3O5S/c1-12-6-8-17(10-13(12)2)24-30(26,27)19-11-16(7-9-18(19)28-5)20-14(3)23-29-21(20)22-15(4)25/h6-11,24H,1-5H3,(H,22,25). The van der Waals surface area contributed by atoms with E-state index in [-0.39, 0.29) is 22.4 Å². The fraction of sp³-hybridized carbons (Fsp3) is 0.238. The van der Waals surface area contributed by atoms with Gasteiger partial charge in [0.25, 0.3) is 10.0 Å². The van der Waals surface area contributed by atoms with Gasteiger partial charge in [-0.25, -0.2) is 8.42 Å². The van der Waals surface area contributed by atoms with Crippen LogP contribution in [0.25, 0.3) is 11.1 Å². The molecule has 1 amide bonds. The molecule has 0 atom stereocenters. The number of carbonyl (C=O) groups is 1. The molecule has 1 aromatic heterocycles. The van der Waals surface area contributed by atoms with Crippen LogP contribution in [0, 0.1) is 20.8 Å². The van der Waals surface area contributed by atoms with E-state index in [9.17, 15) is 13.2 Å². The van der Waals surface area contributed by atoms with Crippen molar-refractivity contribution in [3.63, 3.8) is 0 Å². The minimum Gasteiger partial charge on any atom is -0.495 e. The van der Waals surface area contributed by atoms with E-state index in [4.69, 9.17) is 9.26 Å². The van der Waals surface area contributed by atoms with Gasteiger partial charge >= 0.3 is 0 Å². The SMILES string of the molecule is COc1ccc(-c2c(C)noc2NC(C)=O)cc1S(=O)(=O)Nc1ccc(C)c(C)c1. The highest BCUT2D eigenvalue weighted by atomic mass is 32.2. The van der Waals surface area contributed by atoms with Crippen molar-refractivity contribution < 1.29 is 22.5 Å². The number of aryl methyl sites for hydroxylation is 3. The van der Waals surface area contributed by atoms with Gasteiger partial charge in [0.15, 0.2) is 0 Å². The van der Waals surface area contributed by atoms with Crippen molar-refractivity contribution in [1.29, 1.82) is 0 Å². The Bertz CT molecular complexity index is 1220. The molecule has 0 aliphatic carbocycles. The summed E-state index contributed by atoms with van der Waals surface area (Å²) in [7, 11) is -2.56. The van der Waals surface area contributed by atoms with Crippen LogP contribution in [0.5, 0.6) is 5.75 Å². The summed E-state index contributed by atoms with van der Waals surface area (Å²) in [4.78, 5) is 11.4. The van der Waals surface area contributed by atoms with Crippen molar-refractivity contribution in [2.75, 3.05) is 17.1 Å². The van der Waals surface area contributed by atoms with Gasteiger partial charge in [0, 0.05) is 12.6 Å². The summed E-state index contributed by atoms with van der Waals surface area (Å²) >= 11 is 0. The van der Waals surface area contributed by atoms with Gasteiger partial charge in [-0.1, -0.05) is 17.3 Å². The summed E-state index contributed by atoms with van der Waals surface area (Å²) in [5.41, 5.74) is 4.00. The first-order valence-corrected chi connectivity index (χ1v) is 10.6. The van der Waals surface area contributed by atoms with E-state index in [1.165, 1.54) is 20.1 Å². The molecule has 9 heteroatoms. The van der Waals surface area contributed by atoms with Crippen LogP contribution in [0.1, 0.15) is 23.7 Å². The smallest absolute Gasteiger partial charge is 0.265 e. The number of nitrogens with one attached hydrogen (secondary N) is 2. The molecule has 3 aromatic rings. The summed E-state index contributed by atoms with van der Waals surface area (Å²) in [5.74, 6) is 0.00562. The van der Waals surface area contributed by atoms with E-state index in [0.717, 1.165) is 11.1 Å². The third kappa shape index (κ3) is 4.30. The number of carbonyl (C=O) groups excluding carboxylic acids is 1. The van der Waals surface area contributed by atoms with Crippen LogP contribution in [-0.4, -0.2) is 26.6 Å². The molecular weight excluding hydrogens is 406 g/mol. The maximum atomic E-state index is 13.1. The van der Waals surface area contributed by atoms with Gasteiger partial charge in [-0.15, -0.1) is 0 Å². The van der Waals surface area contributed by atoms with Crippen molar-refractivity contribution in [2.45, 2.75) is 32.6 Å². The second kappa shape index (κ2) is 8.19. The number of sulfonamides is 1. The highest BCUT2D eigenvalue weighted by molar-refractivity contribution is 7.92. The lowest BCUT2D eigenvalue weighted by atomic mass is 10.1. The first-order chi connectivity index (χ1) is 14.1. The minimum absolute atomic E-state index is 0.0462. The molecule has 0 radical (unpaired) electrons. The number of hydrogen-bond donors (Lipinski definition) is 2. The summed E-state index contributed by atoms with van der Waals surface area (Å²) in [5, 5.41) is 6.45. The highest BCUT2D eigenvalue weighted by Crippen LogP contribution is 2.36. The quantitative estimate of drug-likeness (QED) is 0.612. The van der Waals surface area contributed by atoms with Crippen LogP contribution in [0.3, 0.4) is 0 Å². The summed E-state index contributed by atoms with van der Waals surface area (Å²) in [6, 6.07) is 10.0. The fourth-order valence-corrected chi connectivity index (χ4v) is 4.26. The molecule has 0 fully saturated rings. The van der Waals surface area contributed by atoms with Crippen molar-refractivity contribution >= 4 is 27.5 Å². The zero-order chi connectivity index (χ0) is 22.1. The molecule has 2 N–H and O–H groups in total. The van der Waals surface area contributed by atoms with E-state index in [0.29, 0.717) is 22.5 Å². The van der Waals surface area contributed by atoms with Crippen LogP contribution < -0.4 is 14.8 Å². The molecule has 0 saturated heterocycles. The van der Waals surface area contributed by atoms with Crippen molar-refractivity contribution in [3.8, 4) is 16.9 Å². The first kappa shape index (κ1) is 21.4. The second-order valence-corrected chi connectivity index (χ2v) is 8.57. The molecule has 8 nitrogen and oxygen atoms in total.